The molecule has 3 rings (SSSR count). The monoisotopic (exact) mass is 363 g/mol. The molecule has 3 aromatic rings. The van der Waals surface area contributed by atoms with Crippen LogP contribution in [-0.4, -0.2) is 22.9 Å². The first-order chi connectivity index (χ1) is 13.0. The minimum absolute atomic E-state index is 0.220. The van der Waals surface area contributed by atoms with Crippen LogP contribution in [0, 0.1) is 13.8 Å². The number of fused-ring (bicyclic) bond motifs is 1. The molecule has 1 aromatic heterocycles. The van der Waals surface area contributed by atoms with Gasteiger partial charge in [0.25, 0.3) is 11.8 Å². The van der Waals surface area contributed by atoms with Gasteiger partial charge in [-0.2, -0.15) is 0 Å². The fourth-order valence-corrected chi connectivity index (χ4v) is 2.57. The highest BCUT2D eigenvalue weighted by Crippen LogP contribution is 2.21. The largest absolute Gasteiger partial charge is 0.481 e. The van der Waals surface area contributed by atoms with Gasteiger partial charge in [-0.3, -0.25) is 20.4 Å². The number of benzene rings is 2. The Balaban J connectivity index is 1.60. The molecule has 0 bridgehead atoms. The van der Waals surface area contributed by atoms with Crippen LogP contribution in [-0.2, 0) is 4.79 Å². The SMILES string of the molecule is Cc1cccc(O[C@@H](C)C(=O)NNC(=O)c2ccc3ccccc3n2)c1C. The van der Waals surface area contributed by atoms with E-state index in [-0.39, 0.29) is 5.69 Å². The standard InChI is InChI=1S/C21H21N3O3/c1-13-7-6-10-19(14(13)2)27-15(3)20(25)23-24-21(26)18-12-11-16-8-4-5-9-17(16)22-18/h4-12,15H,1-3H3,(H,23,25)(H,24,26)/t15-/m0/s1. The summed E-state index contributed by atoms with van der Waals surface area (Å²) in [5, 5.41) is 0.939. The first-order valence-electron chi connectivity index (χ1n) is 8.64. The zero-order valence-electron chi connectivity index (χ0n) is 15.4. The van der Waals surface area contributed by atoms with E-state index in [9.17, 15) is 9.59 Å². The summed E-state index contributed by atoms with van der Waals surface area (Å²) in [7, 11) is 0. The third-order valence-electron chi connectivity index (χ3n) is 4.36. The highest BCUT2D eigenvalue weighted by molar-refractivity contribution is 5.96. The summed E-state index contributed by atoms with van der Waals surface area (Å²) in [5.74, 6) is -0.307. The number of hydrogen-bond donors (Lipinski definition) is 2. The number of ether oxygens (including phenoxy) is 1. The minimum atomic E-state index is -0.768. The molecular weight excluding hydrogens is 342 g/mol. The molecule has 0 spiro atoms. The van der Waals surface area contributed by atoms with Crippen molar-refractivity contribution in [2.45, 2.75) is 26.9 Å². The first kappa shape index (κ1) is 18.4. The van der Waals surface area contributed by atoms with E-state index in [4.69, 9.17) is 4.74 Å². The Morgan fingerprint density at radius 2 is 1.74 bits per heavy atom. The Morgan fingerprint density at radius 1 is 0.963 bits per heavy atom. The Bertz CT molecular complexity index is 1000. The molecule has 138 valence electrons. The molecule has 0 aliphatic heterocycles. The summed E-state index contributed by atoms with van der Waals surface area (Å²) in [5.41, 5.74) is 7.74. The van der Waals surface area contributed by atoms with Crippen LogP contribution in [0.5, 0.6) is 5.75 Å². The molecule has 6 nitrogen and oxygen atoms in total. The van der Waals surface area contributed by atoms with E-state index < -0.39 is 17.9 Å². The van der Waals surface area contributed by atoms with Gasteiger partial charge in [-0.1, -0.05) is 36.4 Å². The van der Waals surface area contributed by atoms with Crippen molar-refractivity contribution in [1.29, 1.82) is 0 Å². The van der Waals surface area contributed by atoms with Gasteiger partial charge in [0.2, 0.25) is 0 Å². The second-order valence-electron chi connectivity index (χ2n) is 6.29. The number of nitrogens with one attached hydrogen (secondary N) is 2. The van der Waals surface area contributed by atoms with Crippen LogP contribution >= 0.6 is 0 Å². The highest BCUT2D eigenvalue weighted by Gasteiger charge is 2.17. The second kappa shape index (κ2) is 7.86. The van der Waals surface area contributed by atoms with Gasteiger partial charge in [-0.05, 0) is 50.1 Å². The number of para-hydroxylation sites is 1. The van der Waals surface area contributed by atoms with E-state index in [0.717, 1.165) is 16.5 Å². The fraction of sp³-hybridized carbons (Fsp3) is 0.190. The lowest BCUT2D eigenvalue weighted by atomic mass is 10.1. The number of carbonyl (C=O) groups is 2. The number of rotatable bonds is 4. The van der Waals surface area contributed by atoms with E-state index in [1.807, 2.05) is 62.4 Å². The maximum Gasteiger partial charge on any atom is 0.288 e. The average molecular weight is 363 g/mol. The van der Waals surface area contributed by atoms with Gasteiger partial charge in [0, 0.05) is 5.39 Å². The highest BCUT2D eigenvalue weighted by atomic mass is 16.5. The van der Waals surface area contributed by atoms with Crippen molar-refractivity contribution >= 4 is 22.7 Å². The van der Waals surface area contributed by atoms with Crippen molar-refractivity contribution in [2.75, 3.05) is 0 Å². The fourth-order valence-electron chi connectivity index (χ4n) is 2.57. The van der Waals surface area contributed by atoms with E-state index in [2.05, 4.69) is 15.8 Å². The topological polar surface area (TPSA) is 80.3 Å². The summed E-state index contributed by atoms with van der Waals surface area (Å²) < 4.78 is 5.70. The molecule has 27 heavy (non-hydrogen) atoms. The van der Waals surface area contributed by atoms with Crippen LogP contribution in [0.4, 0.5) is 0 Å². The van der Waals surface area contributed by atoms with Crippen molar-refractivity contribution in [3.05, 3.63) is 71.4 Å². The quantitative estimate of drug-likeness (QED) is 0.698. The van der Waals surface area contributed by atoms with Crippen LogP contribution in [0.3, 0.4) is 0 Å². The molecule has 0 saturated heterocycles. The number of nitrogens with zero attached hydrogens (tertiary/aromatic N) is 1. The predicted molar refractivity (Wildman–Crippen MR) is 103 cm³/mol. The van der Waals surface area contributed by atoms with Crippen molar-refractivity contribution < 1.29 is 14.3 Å². The Labute approximate surface area is 157 Å². The van der Waals surface area contributed by atoms with Gasteiger partial charge < -0.3 is 4.74 Å². The summed E-state index contributed by atoms with van der Waals surface area (Å²) in [6, 6.07) is 16.6. The van der Waals surface area contributed by atoms with Crippen LogP contribution in [0.25, 0.3) is 10.9 Å². The molecule has 6 heteroatoms. The number of aromatic nitrogens is 1. The molecule has 0 aliphatic rings. The molecule has 0 fully saturated rings. The molecule has 1 atom stereocenters. The molecule has 1 heterocycles. The molecule has 2 N–H and O–H groups in total. The smallest absolute Gasteiger partial charge is 0.288 e. The number of hydrazine groups is 1. The summed E-state index contributed by atoms with van der Waals surface area (Å²) in [4.78, 5) is 28.8. The van der Waals surface area contributed by atoms with E-state index in [1.54, 1.807) is 13.0 Å². The second-order valence-corrected chi connectivity index (χ2v) is 6.29. The van der Waals surface area contributed by atoms with Gasteiger partial charge in [0.15, 0.2) is 6.10 Å². The van der Waals surface area contributed by atoms with Gasteiger partial charge in [0.05, 0.1) is 5.52 Å². The Kier molecular flexibility index (Phi) is 5.35. The Hall–Kier alpha value is -3.41. The maximum absolute atomic E-state index is 12.2. The van der Waals surface area contributed by atoms with Crippen molar-refractivity contribution in [2.24, 2.45) is 0 Å². The molecule has 0 aliphatic carbocycles. The number of amides is 2. The molecule has 0 radical (unpaired) electrons. The first-order valence-corrected chi connectivity index (χ1v) is 8.64. The van der Waals surface area contributed by atoms with Gasteiger partial charge >= 0.3 is 0 Å². The van der Waals surface area contributed by atoms with Crippen LogP contribution < -0.4 is 15.6 Å². The number of carbonyl (C=O) groups excluding carboxylic acids is 2. The maximum atomic E-state index is 12.2. The average Bonchev–Trinajstić information content (AvgIpc) is 2.68. The number of pyridine rings is 1. The van der Waals surface area contributed by atoms with Gasteiger partial charge in [-0.25, -0.2) is 4.98 Å². The van der Waals surface area contributed by atoms with Crippen LogP contribution in [0.2, 0.25) is 0 Å². The summed E-state index contributed by atoms with van der Waals surface area (Å²) in [6.07, 6.45) is -0.768. The normalized spacial score (nSPS) is 11.7. The van der Waals surface area contributed by atoms with Crippen molar-refractivity contribution in [1.82, 2.24) is 15.8 Å². The molecule has 0 unspecified atom stereocenters. The predicted octanol–water partition coefficient (Wildman–Crippen LogP) is 3.08. The van der Waals surface area contributed by atoms with Gasteiger partial charge in [0.1, 0.15) is 11.4 Å². The third kappa shape index (κ3) is 4.23. The van der Waals surface area contributed by atoms with Crippen molar-refractivity contribution in [3.8, 4) is 5.75 Å². The zero-order chi connectivity index (χ0) is 19.4. The number of aryl methyl sites for hydroxylation is 1. The molecule has 2 amide bonds. The van der Waals surface area contributed by atoms with Crippen molar-refractivity contribution in [3.63, 3.8) is 0 Å². The van der Waals surface area contributed by atoms with Crippen LogP contribution in [0.1, 0.15) is 28.5 Å². The van der Waals surface area contributed by atoms with Crippen LogP contribution in [0.15, 0.2) is 54.6 Å². The number of hydrogen-bond acceptors (Lipinski definition) is 4. The molecule has 0 saturated carbocycles. The summed E-state index contributed by atoms with van der Waals surface area (Å²) in [6.45, 7) is 5.53. The molecule has 2 aromatic carbocycles. The van der Waals surface area contributed by atoms with E-state index in [0.29, 0.717) is 11.3 Å². The zero-order valence-corrected chi connectivity index (χ0v) is 15.4. The third-order valence-corrected chi connectivity index (χ3v) is 4.36. The van der Waals surface area contributed by atoms with E-state index in [1.165, 1.54) is 0 Å². The lowest BCUT2D eigenvalue weighted by molar-refractivity contribution is -0.128. The Morgan fingerprint density at radius 3 is 2.56 bits per heavy atom. The van der Waals surface area contributed by atoms with E-state index >= 15 is 0 Å². The van der Waals surface area contributed by atoms with Gasteiger partial charge in [-0.15, -0.1) is 0 Å². The molecular formula is C21H21N3O3. The minimum Gasteiger partial charge on any atom is -0.481 e. The summed E-state index contributed by atoms with van der Waals surface area (Å²) >= 11 is 0. The lowest BCUT2D eigenvalue weighted by Crippen LogP contribution is -2.47. The lowest BCUT2D eigenvalue weighted by Gasteiger charge is -2.17.